The van der Waals surface area contributed by atoms with Crippen LogP contribution in [0.2, 0.25) is 0 Å². The molecule has 1 aromatic carbocycles. The zero-order valence-corrected chi connectivity index (χ0v) is 8.97. The molecule has 1 aromatic rings. The summed E-state index contributed by atoms with van der Waals surface area (Å²) in [4.78, 5) is 11.2. The van der Waals surface area contributed by atoms with Crippen molar-refractivity contribution < 1.29 is 13.6 Å². The predicted octanol–water partition coefficient (Wildman–Crippen LogP) is 1.09. The summed E-state index contributed by atoms with van der Waals surface area (Å²) in [5.74, 6) is -1.91. The smallest absolute Gasteiger partial charge is 0.241 e. The van der Waals surface area contributed by atoms with Crippen LogP contribution in [0.3, 0.4) is 0 Å². The fourth-order valence-electron chi connectivity index (χ4n) is 1.22. The van der Waals surface area contributed by atoms with Crippen LogP contribution >= 0.6 is 0 Å². The molecule has 0 aliphatic heterocycles. The summed E-state index contributed by atoms with van der Waals surface area (Å²) in [7, 11) is 1.47. The van der Waals surface area contributed by atoms with Crippen LogP contribution in [0.25, 0.3) is 0 Å². The lowest BCUT2D eigenvalue weighted by Gasteiger charge is -2.15. The highest BCUT2D eigenvalue weighted by Crippen LogP contribution is 2.23. The molecule has 6 heteroatoms. The van der Waals surface area contributed by atoms with Crippen molar-refractivity contribution in [3.05, 3.63) is 23.8 Å². The number of nitrogens with one attached hydrogen (secondary N) is 2. The maximum atomic E-state index is 13.1. The van der Waals surface area contributed by atoms with Gasteiger partial charge in [-0.2, -0.15) is 0 Å². The van der Waals surface area contributed by atoms with E-state index in [9.17, 15) is 13.6 Å². The number of likely N-dealkylation sites (N-methyl/N-ethyl adjacent to an activating group) is 1. The molecule has 4 N–H and O–H groups in total. The summed E-state index contributed by atoms with van der Waals surface area (Å²) >= 11 is 0. The van der Waals surface area contributed by atoms with Gasteiger partial charge in [0.15, 0.2) is 5.82 Å². The van der Waals surface area contributed by atoms with Gasteiger partial charge in [-0.05, 0) is 13.0 Å². The second-order valence-corrected chi connectivity index (χ2v) is 3.33. The SMILES string of the molecule is CNC(=O)C(C)Nc1cc(F)cc(F)c1N. The Bertz CT molecular complexity index is 409. The second-order valence-electron chi connectivity index (χ2n) is 3.33. The van der Waals surface area contributed by atoms with Gasteiger partial charge < -0.3 is 16.4 Å². The number of halogens is 2. The molecule has 1 atom stereocenters. The van der Waals surface area contributed by atoms with E-state index >= 15 is 0 Å². The molecule has 4 nitrogen and oxygen atoms in total. The lowest BCUT2D eigenvalue weighted by atomic mass is 10.2. The molecular weight excluding hydrogens is 216 g/mol. The van der Waals surface area contributed by atoms with E-state index < -0.39 is 17.7 Å². The van der Waals surface area contributed by atoms with E-state index in [-0.39, 0.29) is 17.3 Å². The first-order valence-electron chi connectivity index (χ1n) is 4.68. The van der Waals surface area contributed by atoms with Crippen LogP contribution in [0.15, 0.2) is 12.1 Å². The van der Waals surface area contributed by atoms with Gasteiger partial charge in [0.2, 0.25) is 5.91 Å². The second kappa shape index (κ2) is 4.78. The van der Waals surface area contributed by atoms with E-state index in [1.807, 2.05) is 0 Å². The molecule has 0 aliphatic rings. The van der Waals surface area contributed by atoms with Gasteiger partial charge in [0, 0.05) is 13.1 Å². The minimum atomic E-state index is -0.855. The first-order valence-corrected chi connectivity index (χ1v) is 4.68. The largest absolute Gasteiger partial charge is 0.395 e. The first kappa shape index (κ1) is 12.2. The van der Waals surface area contributed by atoms with Crippen molar-refractivity contribution in [1.82, 2.24) is 5.32 Å². The third-order valence-electron chi connectivity index (χ3n) is 2.11. The molecule has 0 fully saturated rings. The van der Waals surface area contributed by atoms with Crippen LogP contribution in [0, 0.1) is 11.6 Å². The average molecular weight is 229 g/mol. The molecule has 0 saturated carbocycles. The number of nitrogen functional groups attached to an aromatic ring is 1. The van der Waals surface area contributed by atoms with Gasteiger partial charge in [0.25, 0.3) is 0 Å². The van der Waals surface area contributed by atoms with E-state index in [1.54, 1.807) is 6.92 Å². The molecular formula is C10H13F2N3O. The number of anilines is 2. The third kappa shape index (κ3) is 2.59. The van der Waals surface area contributed by atoms with E-state index in [0.717, 1.165) is 6.07 Å². The van der Waals surface area contributed by atoms with Crippen LogP contribution in [-0.2, 0) is 4.79 Å². The molecule has 0 bridgehead atoms. The van der Waals surface area contributed by atoms with Gasteiger partial charge in [-0.25, -0.2) is 8.78 Å². The Hall–Kier alpha value is -1.85. The number of amides is 1. The average Bonchev–Trinajstić information content (AvgIpc) is 2.23. The van der Waals surface area contributed by atoms with Gasteiger partial charge in [0.05, 0.1) is 11.4 Å². The van der Waals surface area contributed by atoms with Crippen LogP contribution in [0.4, 0.5) is 20.2 Å². The first-order chi connectivity index (χ1) is 7.45. The summed E-state index contributed by atoms with van der Waals surface area (Å²) in [5.41, 5.74) is 5.26. The Morgan fingerprint density at radius 1 is 1.44 bits per heavy atom. The van der Waals surface area contributed by atoms with E-state index in [2.05, 4.69) is 10.6 Å². The maximum absolute atomic E-state index is 13.1. The Balaban J connectivity index is 2.93. The highest BCUT2D eigenvalue weighted by Gasteiger charge is 2.14. The molecule has 0 aliphatic carbocycles. The summed E-state index contributed by atoms with van der Waals surface area (Å²) in [6.45, 7) is 1.56. The number of benzene rings is 1. The fraction of sp³-hybridized carbons (Fsp3) is 0.300. The Labute approximate surface area is 91.8 Å². The van der Waals surface area contributed by atoms with Gasteiger partial charge >= 0.3 is 0 Å². The summed E-state index contributed by atoms with van der Waals surface area (Å²) in [6, 6.07) is 1.09. The lowest BCUT2D eigenvalue weighted by Crippen LogP contribution is -2.35. The minimum Gasteiger partial charge on any atom is -0.395 e. The summed E-state index contributed by atoms with van der Waals surface area (Å²) in [6.07, 6.45) is 0. The molecule has 1 amide bonds. The van der Waals surface area contributed by atoms with Crippen molar-refractivity contribution in [2.24, 2.45) is 0 Å². The topological polar surface area (TPSA) is 67.2 Å². The summed E-state index contributed by atoms with van der Waals surface area (Å²) < 4.78 is 26.0. The molecule has 0 spiro atoms. The van der Waals surface area contributed by atoms with Crippen molar-refractivity contribution in [2.75, 3.05) is 18.1 Å². The highest BCUT2D eigenvalue weighted by molar-refractivity contribution is 5.85. The Morgan fingerprint density at radius 3 is 2.62 bits per heavy atom. The number of carbonyl (C=O) groups is 1. The Kier molecular flexibility index (Phi) is 3.65. The van der Waals surface area contributed by atoms with Crippen molar-refractivity contribution in [3.8, 4) is 0 Å². The highest BCUT2D eigenvalue weighted by atomic mass is 19.1. The van der Waals surface area contributed by atoms with Crippen molar-refractivity contribution >= 4 is 17.3 Å². The Morgan fingerprint density at radius 2 is 2.06 bits per heavy atom. The standard InChI is InChI=1S/C10H13F2N3O/c1-5(10(16)14-2)15-8-4-6(11)3-7(12)9(8)13/h3-5,15H,13H2,1-2H3,(H,14,16). The van der Waals surface area contributed by atoms with E-state index in [4.69, 9.17) is 5.73 Å². The fourth-order valence-corrected chi connectivity index (χ4v) is 1.22. The zero-order chi connectivity index (χ0) is 12.3. The van der Waals surface area contributed by atoms with Gasteiger partial charge in [-0.3, -0.25) is 4.79 Å². The molecule has 1 rings (SSSR count). The molecule has 1 unspecified atom stereocenters. The zero-order valence-electron chi connectivity index (χ0n) is 8.97. The number of rotatable bonds is 3. The monoisotopic (exact) mass is 229 g/mol. The molecule has 0 aromatic heterocycles. The molecule has 88 valence electrons. The van der Waals surface area contributed by atoms with Crippen LogP contribution in [0.1, 0.15) is 6.92 Å². The lowest BCUT2D eigenvalue weighted by molar-refractivity contribution is -0.121. The maximum Gasteiger partial charge on any atom is 0.241 e. The van der Waals surface area contributed by atoms with Gasteiger partial charge in [-0.1, -0.05) is 0 Å². The molecule has 0 heterocycles. The van der Waals surface area contributed by atoms with E-state index in [1.165, 1.54) is 7.05 Å². The van der Waals surface area contributed by atoms with Crippen molar-refractivity contribution in [1.29, 1.82) is 0 Å². The van der Waals surface area contributed by atoms with Crippen LogP contribution < -0.4 is 16.4 Å². The van der Waals surface area contributed by atoms with Crippen LogP contribution in [-0.4, -0.2) is 19.0 Å². The quantitative estimate of drug-likeness (QED) is 0.680. The predicted molar refractivity (Wildman–Crippen MR) is 57.9 cm³/mol. The minimum absolute atomic E-state index is 0.0635. The molecule has 0 saturated heterocycles. The molecule has 0 radical (unpaired) electrons. The van der Waals surface area contributed by atoms with Gasteiger partial charge in [0.1, 0.15) is 11.9 Å². The summed E-state index contributed by atoms with van der Waals surface area (Å²) in [5, 5.41) is 5.03. The van der Waals surface area contributed by atoms with Crippen molar-refractivity contribution in [2.45, 2.75) is 13.0 Å². The van der Waals surface area contributed by atoms with Crippen LogP contribution in [0.5, 0.6) is 0 Å². The normalized spacial score (nSPS) is 12.0. The number of hydrogen-bond acceptors (Lipinski definition) is 3. The molecule has 16 heavy (non-hydrogen) atoms. The number of nitrogens with two attached hydrogens (primary N) is 1. The number of carbonyl (C=O) groups excluding carboxylic acids is 1. The van der Waals surface area contributed by atoms with Crippen molar-refractivity contribution in [3.63, 3.8) is 0 Å². The third-order valence-corrected chi connectivity index (χ3v) is 2.11. The number of hydrogen-bond donors (Lipinski definition) is 3. The van der Waals surface area contributed by atoms with E-state index in [0.29, 0.717) is 6.07 Å². The van der Waals surface area contributed by atoms with Gasteiger partial charge in [-0.15, -0.1) is 0 Å².